The largest absolute Gasteiger partial charge is 0.389 e. The zero-order valence-corrected chi connectivity index (χ0v) is 14.2. The van der Waals surface area contributed by atoms with E-state index in [0.29, 0.717) is 4.99 Å². The molecule has 0 aliphatic carbocycles. The topological polar surface area (TPSA) is 38.0 Å². The molecule has 19 heavy (non-hydrogen) atoms. The summed E-state index contributed by atoms with van der Waals surface area (Å²) in [6, 6.07) is 11.9. The van der Waals surface area contributed by atoms with Gasteiger partial charge in [-0.05, 0) is 68.6 Å². The van der Waals surface area contributed by atoms with Gasteiger partial charge in [0.1, 0.15) is 4.99 Å². The van der Waals surface area contributed by atoms with Crippen molar-refractivity contribution in [3.05, 3.63) is 56.5 Å². The highest BCUT2D eigenvalue weighted by atomic mass is 79.9. The van der Waals surface area contributed by atoms with Crippen LogP contribution in [0.2, 0.25) is 0 Å². The highest BCUT2D eigenvalue weighted by molar-refractivity contribution is 9.11. The molecule has 5 heteroatoms. The number of benzene rings is 2. The molecular formula is C14H12Br2N2S. The number of hydrogen-bond acceptors (Lipinski definition) is 2. The van der Waals surface area contributed by atoms with Crippen molar-refractivity contribution in [1.82, 2.24) is 0 Å². The maximum absolute atomic E-state index is 5.61. The molecule has 0 fully saturated rings. The average Bonchev–Trinajstić information content (AvgIpc) is 2.37. The zero-order valence-electron chi connectivity index (χ0n) is 10.2. The summed E-state index contributed by atoms with van der Waals surface area (Å²) in [4.78, 5) is 0.393. The minimum Gasteiger partial charge on any atom is -0.389 e. The van der Waals surface area contributed by atoms with Crippen molar-refractivity contribution >= 4 is 60.4 Å². The first kappa shape index (κ1) is 14.5. The smallest absolute Gasteiger partial charge is 0.104 e. The van der Waals surface area contributed by atoms with E-state index in [2.05, 4.69) is 50.2 Å². The van der Waals surface area contributed by atoms with E-state index in [4.69, 9.17) is 18.0 Å². The Morgan fingerprint density at radius 1 is 1.16 bits per heavy atom. The number of rotatable bonds is 3. The highest BCUT2D eigenvalue weighted by Gasteiger charge is 2.06. The van der Waals surface area contributed by atoms with Gasteiger partial charge in [-0.25, -0.2) is 0 Å². The van der Waals surface area contributed by atoms with Gasteiger partial charge in [0.2, 0.25) is 0 Å². The number of aryl methyl sites for hydroxylation is 1. The fourth-order valence-corrected chi connectivity index (χ4v) is 2.63. The summed E-state index contributed by atoms with van der Waals surface area (Å²) < 4.78 is 1.98. The van der Waals surface area contributed by atoms with Gasteiger partial charge in [-0.2, -0.15) is 0 Å². The molecule has 0 spiro atoms. The molecule has 98 valence electrons. The fourth-order valence-electron chi connectivity index (χ4n) is 1.66. The Morgan fingerprint density at radius 2 is 1.89 bits per heavy atom. The summed E-state index contributed by atoms with van der Waals surface area (Å²) in [5.74, 6) is 0. The molecule has 0 saturated carbocycles. The van der Waals surface area contributed by atoms with E-state index in [9.17, 15) is 0 Å². The number of nitrogens with two attached hydrogens (primary N) is 1. The van der Waals surface area contributed by atoms with Gasteiger partial charge >= 0.3 is 0 Å². The molecule has 0 saturated heterocycles. The lowest BCUT2D eigenvalue weighted by Gasteiger charge is -2.12. The van der Waals surface area contributed by atoms with Gasteiger partial charge in [0.25, 0.3) is 0 Å². The van der Waals surface area contributed by atoms with Gasteiger partial charge in [-0.1, -0.05) is 24.4 Å². The van der Waals surface area contributed by atoms with Crippen LogP contribution in [0, 0.1) is 6.92 Å². The van der Waals surface area contributed by atoms with E-state index in [0.717, 1.165) is 25.9 Å². The maximum Gasteiger partial charge on any atom is 0.104 e. The van der Waals surface area contributed by atoms with Crippen LogP contribution >= 0.6 is 44.1 Å². The van der Waals surface area contributed by atoms with Crippen molar-refractivity contribution in [2.24, 2.45) is 5.73 Å². The van der Waals surface area contributed by atoms with Gasteiger partial charge < -0.3 is 11.1 Å². The molecule has 0 unspecified atom stereocenters. The predicted octanol–water partition coefficient (Wildman–Crippen LogP) is 4.90. The molecule has 0 aromatic heterocycles. The second kappa shape index (κ2) is 6.03. The van der Waals surface area contributed by atoms with E-state index in [1.807, 2.05) is 30.3 Å². The van der Waals surface area contributed by atoms with Crippen LogP contribution in [-0.4, -0.2) is 4.99 Å². The second-order valence-corrected chi connectivity index (χ2v) is 6.21. The molecule has 0 aliphatic heterocycles. The fraction of sp³-hybridized carbons (Fsp3) is 0.0714. The Kier molecular flexibility index (Phi) is 4.60. The molecule has 2 nitrogen and oxygen atoms in total. The molecule has 2 rings (SSSR count). The zero-order chi connectivity index (χ0) is 14.0. The Bertz CT molecular complexity index is 641. The first-order chi connectivity index (χ1) is 8.99. The van der Waals surface area contributed by atoms with Crippen molar-refractivity contribution < 1.29 is 0 Å². The van der Waals surface area contributed by atoms with Crippen molar-refractivity contribution in [3.8, 4) is 0 Å². The molecule has 0 aliphatic rings. The van der Waals surface area contributed by atoms with Crippen LogP contribution in [0.25, 0.3) is 0 Å². The maximum atomic E-state index is 5.61. The summed E-state index contributed by atoms with van der Waals surface area (Å²) in [5.41, 5.74) is 9.62. The second-order valence-electron chi connectivity index (χ2n) is 4.12. The molecule has 0 radical (unpaired) electrons. The van der Waals surface area contributed by atoms with Crippen LogP contribution in [0.15, 0.2) is 45.3 Å². The van der Waals surface area contributed by atoms with Crippen LogP contribution in [0.4, 0.5) is 11.4 Å². The minimum absolute atomic E-state index is 0.393. The quantitative estimate of drug-likeness (QED) is 0.721. The molecule has 0 atom stereocenters. The summed E-state index contributed by atoms with van der Waals surface area (Å²) in [7, 11) is 0. The van der Waals surface area contributed by atoms with Gasteiger partial charge in [-0.15, -0.1) is 0 Å². The lowest BCUT2D eigenvalue weighted by atomic mass is 10.2. The first-order valence-corrected chi connectivity index (χ1v) is 7.60. The number of nitrogens with one attached hydrogen (secondary N) is 1. The molecule has 0 amide bonds. The van der Waals surface area contributed by atoms with E-state index >= 15 is 0 Å². The predicted molar refractivity (Wildman–Crippen MR) is 92.2 cm³/mol. The van der Waals surface area contributed by atoms with E-state index in [-0.39, 0.29) is 0 Å². The summed E-state index contributed by atoms with van der Waals surface area (Å²) in [6.07, 6.45) is 0. The van der Waals surface area contributed by atoms with Crippen molar-refractivity contribution in [1.29, 1.82) is 0 Å². The Balaban J connectivity index is 2.34. The Morgan fingerprint density at radius 3 is 2.53 bits per heavy atom. The molecule has 3 N–H and O–H groups in total. The normalized spacial score (nSPS) is 10.3. The number of anilines is 2. The van der Waals surface area contributed by atoms with Crippen LogP contribution in [0.5, 0.6) is 0 Å². The minimum atomic E-state index is 0.393. The van der Waals surface area contributed by atoms with E-state index in [1.165, 1.54) is 5.56 Å². The van der Waals surface area contributed by atoms with Crippen molar-refractivity contribution in [2.75, 3.05) is 5.32 Å². The lowest BCUT2D eigenvalue weighted by Crippen LogP contribution is -2.09. The van der Waals surface area contributed by atoms with Crippen LogP contribution in [-0.2, 0) is 0 Å². The average molecular weight is 400 g/mol. The molecular weight excluding hydrogens is 388 g/mol. The van der Waals surface area contributed by atoms with Crippen LogP contribution in [0.3, 0.4) is 0 Å². The SMILES string of the molecule is Cc1cccc(Nc2ccc(C(N)=S)cc2Br)c1Br. The molecule has 0 bridgehead atoms. The van der Waals surface area contributed by atoms with Gasteiger partial charge in [-0.3, -0.25) is 0 Å². The standard InChI is InChI=1S/C14H12Br2N2S/c1-8-3-2-4-12(13(8)16)18-11-6-5-9(14(17)19)7-10(11)15/h2-7,18H,1H3,(H2,17,19). The van der Waals surface area contributed by atoms with Gasteiger partial charge in [0.15, 0.2) is 0 Å². The first-order valence-electron chi connectivity index (χ1n) is 5.60. The lowest BCUT2D eigenvalue weighted by molar-refractivity contribution is 1.40. The third-order valence-corrected chi connectivity index (χ3v) is 4.66. The van der Waals surface area contributed by atoms with Crippen molar-refractivity contribution in [2.45, 2.75) is 6.92 Å². The van der Waals surface area contributed by atoms with E-state index < -0.39 is 0 Å². The van der Waals surface area contributed by atoms with E-state index in [1.54, 1.807) is 0 Å². The third-order valence-electron chi connectivity index (χ3n) is 2.71. The summed E-state index contributed by atoms with van der Waals surface area (Å²) >= 11 is 12.1. The Labute approximate surface area is 134 Å². The number of thiocarbonyl (C=S) groups is 1. The highest BCUT2D eigenvalue weighted by Crippen LogP contribution is 2.32. The summed E-state index contributed by atoms with van der Waals surface area (Å²) in [6.45, 7) is 2.06. The molecule has 0 heterocycles. The van der Waals surface area contributed by atoms with Crippen LogP contribution in [0.1, 0.15) is 11.1 Å². The number of hydrogen-bond donors (Lipinski definition) is 2. The van der Waals surface area contributed by atoms with Gasteiger partial charge in [0, 0.05) is 14.5 Å². The monoisotopic (exact) mass is 398 g/mol. The van der Waals surface area contributed by atoms with Gasteiger partial charge in [0.05, 0.1) is 11.4 Å². The van der Waals surface area contributed by atoms with Crippen molar-refractivity contribution in [3.63, 3.8) is 0 Å². The molecule has 2 aromatic rings. The summed E-state index contributed by atoms with van der Waals surface area (Å²) in [5, 5.41) is 3.37. The third kappa shape index (κ3) is 3.35. The number of halogens is 2. The van der Waals surface area contributed by atoms with Crippen LogP contribution < -0.4 is 11.1 Å². The molecule has 2 aromatic carbocycles. The Hall–Kier alpha value is -0.910.